The van der Waals surface area contributed by atoms with E-state index >= 15 is 0 Å². The number of pyridine rings is 1. The second kappa shape index (κ2) is 9.98. The fraction of sp³-hybridized carbons (Fsp3) is 0.389. The monoisotopic (exact) mass is 514 g/mol. The van der Waals surface area contributed by atoms with E-state index < -0.39 is 36.4 Å². The smallest absolute Gasteiger partial charge is 0.184 e. The number of aliphatic hydroxyl groups is 2. The van der Waals surface area contributed by atoms with Crippen LogP contribution in [0, 0.1) is 11.3 Å². The van der Waals surface area contributed by atoms with Gasteiger partial charge in [0.05, 0.1) is 17.8 Å². The highest BCUT2D eigenvalue weighted by Gasteiger charge is 2.47. The molecule has 0 aromatic carbocycles. The van der Waals surface area contributed by atoms with E-state index in [9.17, 15) is 15.5 Å². The molecule has 0 amide bonds. The van der Waals surface area contributed by atoms with Crippen molar-refractivity contribution in [1.29, 1.82) is 5.26 Å². The topological polar surface area (TPSA) is 139 Å². The molecular formula is C18H16Cl2N6O4S2. The Kier molecular flexibility index (Phi) is 7.28. The van der Waals surface area contributed by atoms with Crippen molar-refractivity contribution in [2.24, 2.45) is 0 Å². The molecule has 4 rings (SSSR count). The average Bonchev–Trinajstić information content (AvgIpc) is 3.43. The number of hydrogen-bond acceptors (Lipinski definition) is 11. The van der Waals surface area contributed by atoms with E-state index in [0.29, 0.717) is 25.8 Å². The predicted molar refractivity (Wildman–Crippen MR) is 118 cm³/mol. The summed E-state index contributed by atoms with van der Waals surface area (Å²) in [4.78, 5) is 8.69. The molecule has 0 spiro atoms. The van der Waals surface area contributed by atoms with E-state index in [4.69, 9.17) is 32.7 Å². The first kappa shape index (κ1) is 23.3. The van der Waals surface area contributed by atoms with E-state index in [0.717, 1.165) is 11.8 Å². The fourth-order valence-corrected chi connectivity index (χ4v) is 5.58. The Morgan fingerprint density at radius 3 is 2.88 bits per heavy atom. The van der Waals surface area contributed by atoms with Crippen LogP contribution in [0.25, 0.3) is 11.4 Å². The van der Waals surface area contributed by atoms with E-state index in [-0.39, 0.29) is 5.69 Å². The van der Waals surface area contributed by atoms with E-state index in [1.54, 1.807) is 17.6 Å². The summed E-state index contributed by atoms with van der Waals surface area (Å²) in [6, 6.07) is 2.86. The maximum atomic E-state index is 10.9. The van der Waals surface area contributed by atoms with Crippen LogP contribution >= 0.6 is 46.3 Å². The molecule has 3 aromatic heterocycles. The largest absolute Gasteiger partial charge is 0.394 e. The molecule has 2 N–H and O–H groups in total. The lowest BCUT2D eigenvalue weighted by atomic mass is 9.97. The SMILES string of the molecule is COC1C(n2cc(-c3csc(Cl)n3)nn2)[C@@H](O)C(CO)O[C@@H]1Sc1cc(Cl)cnc1C#N. The van der Waals surface area contributed by atoms with Gasteiger partial charge in [-0.3, -0.25) is 0 Å². The van der Waals surface area contributed by atoms with Crippen LogP contribution in [0.2, 0.25) is 9.49 Å². The molecule has 1 fully saturated rings. The highest BCUT2D eigenvalue weighted by molar-refractivity contribution is 7.99. The van der Waals surface area contributed by atoms with Gasteiger partial charge in [0.2, 0.25) is 0 Å². The van der Waals surface area contributed by atoms with Gasteiger partial charge in [0, 0.05) is 23.6 Å². The number of halogens is 2. The van der Waals surface area contributed by atoms with Gasteiger partial charge in [-0.2, -0.15) is 5.26 Å². The third kappa shape index (κ3) is 4.61. The molecule has 0 saturated carbocycles. The number of rotatable bonds is 6. The van der Waals surface area contributed by atoms with E-state index in [2.05, 4.69) is 20.3 Å². The van der Waals surface area contributed by atoms with Crippen molar-refractivity contribution in [1.82, 2.24) is 25.0 Å². The molecule has 14 heteroatoms. The molecule has 1 saturated heterocycles. The summed E-state index contributed by atoms with van der Waals surface area (Å²) in [6.45, 7) is -0.437. The number of thioether (sulfide) groups is 1. The first-order chi connectivity index (χ1) is 15.4. The van der Waals surface area contributed by atoms with Crippen LogP contribution in [-0.4, -0.2) is 72.6 Å². The third-order valence-corrected chi connectivity index (χ3v) is 7.18. The highest BCUT2D eigenvalue weighted by atomic mass is 35.5. The quantitative estimate of drug-likeness (QED) is 0.503. The molecule has 0 aliphatic carbocycles. The van der Waals surface area contributed by atoms with Crippen LogP contribution in [0.15, 0.2) is 28.7 Å². The van der Waals surface area contributed by atoms with Crippen LogP contribution in [-0.2, 0) is 9.47 Å². The lowest BCUT2D eigenvalue weighted by Crippen LogP contribution is -2.55. The summed E-state index contributed by atoms with van der Waals surface area (Å²) in [5.41, 5.74) is 0.469. The number of aromatic nitrogens is 5. The van der Waals surface area contributed by atoms with Crippen molar-refractivity contribution in [2.45, 2.75) is 34.7 Å². The number of aliphatic hydroxyl groups excluding tert-OH is 2. The Morgan fingerprint density at radius 2 is 2.22 bits per heavy atom. The van der Waals surface area contributed by atoms with Crippen molar-refractivity contribution < 1.29 is 19.7 Å². The Hall–Kier alpha value is -1.82. The van der Waals surface area contributed by atoms with Gasteiger partial charge in [-0.1, -0.05) is 40.2 Å². The summed E-state index contributed by atoms with van der Waals surface area (Å²) in [7, 11) is 1.47. The zero-order chi connectivity index (χ0) is 22.8. The van der Waals surface area contributed by atoms with Gasteiger partial charge in [-0.25, -0.2) is 14.6 Å². The average molecular weight is 515 g/mol. The standard InChI is InChI=1S/C18H16Cl2N6O4S2/c1-29-16-14(26-5-10(24-25-26)11-7-31-18(20)23-11)15(28)12(6-27)30-17(16)32-13-2-8(19)4-22-9(13)3-21/h2,4-5,7,12,14-17,27-28H,6H2,1H3/t12?,14?,15-,16?,17+/m0/s1. The van der Waals surface area contributed by atoms with Crippen LogP contribution in [0.4, 0.5) is 0 Å². The minimum atomic E-state index is -1.15. The zero-order valence-corrected chi connectivity index (χ0v) is 19.5. The van der Waals surface area contributed by atoms with Crippen LogP contribution in [0.1, 0.15) is 11.7 Å². The summed E-state index contributed by atoms with van der Waals surface area (Å²) in [6.07, 6.45) is 0.196. The number of thiazole rings is 1. The molecule has 3 unspecified atom stereocenters. The normalized spacial score (nSPS) is 25.6. The summed E-state index contributed by atoms with van der Waals surface area (Å²) in [5, 5.41) is 40.5. The third-order valence-electron chi connectivity index (χ3n) is 4.82. The Balaban J connectivity index is 1.68. The van der Waals surface area contributed by atoms with Gasteiger partial charge in [0.25, 0.3) is 0 Å². The number of nitrogens with zero attached hydrogens (tertiary/aromatic N) is 6. The molecule has 0 radical (unpaired) electrons. The molecular weight excluding hydrogens is 499 g/mol. The lowest BCUT2D eigenvalue weighted by molar-refractivity contribution is -0.186. The van der Waals surface area contributed by atoms with Gasteiger partial charge in [-0.05, 0) is 6.07 Å². The Bertz CT molecular complexity index is 1140. The van der Waals surface area contributed by atoms with Crippen LogP contribution in [0.3, 0.4) is 0 Å². The molecule has 4 heterocycles. The first-order valence-electron chi connectivity index (χ1n) is 9.17. The Labute approximate surface area is 200 Å². The predicted octanol–water partition coefficient (Wildman–Crippen LogP) is 2.40. The van der Waals surface area contributed by atoms with Gasteiger partial charge < -0.3 is 19.7 Å². The summed E-state index contributed by atoms with van der Waals surface area (Å²) in [5.74, 6) is 0. The molecule has 5 atom stereocenters. The van der Waals surface area contributed by atoms with Crippen molar-refractivity contribution in [2.75, 3.05) is 13.7 Å². The number of methoxy groups -OCH3 is 1. The Morgan fingerprint density at radius 1 is 1.41 bits per heavy atom. The minimum Gasteiger partial charge on any atom is -0.394 e. The van der Waals surface area contributed by atoms with Gasteiger partial charge in [0.15, 0.2) is 10.2 Å². The van der Waals surface area contributed by atoms with Crippen molar-refractivity contribution in [3.05, 3.63) is 39.0 Å². The molecule has 1 aliphatic rings. The maximum absolute atomic E-state index is 10.9. The first-order valence-corrected chi connectivity index (χ1v) is 11.7. The van der Waals surface area contributed by atoms with E-state index in [1.165, 1.54) is 29.3 Å². The lowest BCUT2D eigenvalue weighted by Gasteiger charge is -2.43. The molecule has 168 valence electrons. The fourth-order valence-electron chi connectivity index (χ4n) is 3.34. The van der Waals surface area contributed by atoms with Crippen molar-refractivity contribution >= 4 is 46.3 Å². The summed E-state index contributed by atoms with van der Waals surface area (Å²) < 4.78 is 13.4. The van der Waals surface area contributed by atoms with Gasteiger partial charge in [0.1, 0.15) is 47.2 Å². The van der Waals surface area contributed by atoms with Crippen LogP contribution in [0.5, 0.6) is 0 Å². The van der Waals surface area contributed by atoms with Gasteiger partial charge in [-0.15, -0.1) is 16.4 Å². The molecule has 3 aromatic rings. The molecule has 0 bridgehead atoms. The highest BCUT2D eigenvalue weighted by Crippen LogP contribution is 2.40. The maximum Gasteiger partial charge on any atom is 0.184 e. The van der Waals surface area contributed by atoms with Crippen LogP contribution < -0.4 is 0 Å². The molecule has 10 nitrogen and oxygen atoms in total. The van der Waals surface area contributed by atoms with E-state index in [1.807, 2.05) is 6.07 Å². The number of hydrogen-bond donors (Lipinski definition) is 2. The molecule has 32 heavy (non-hydrogen) atoms. The number of nitriles is 1. The number of ether oxygens (including phenoxy) is 2. The van der Waals surface area contributed by atoms with Crippen molar-refractivity contribution in [3.8, 4) is 17.5 Å². The molecule has 1 aliphatic heterocycles. The second-order valence-corrected chi connectivity index (χ2v) is 9.72. The zero-order valence-electron chi connectivity index (χ0n) is 16.4. The van der Waals surface area contributed by atoms with Crippen molar-refractivity contribution in [3.63, 3.8) is 0 Å². The van der Waals surface area contributed by atoms with Gasteiger partial charge >= 0.3 is 0 Å². The second-order valence-electron chi connectivity index (χ2n) is 6.71. The summed E-state index contributed by atoms with van der Waals surface area (Å²) >= 11 is 14.4. The minimum absolute atomic E-state index is 0.171.